The van der Waals surface area contributed by atoms with Gasteiger partial charge in [0.05, 0.1) is 7.11 Å². The van der Waals surface area contributed by atoms with E-state index in [0.29, 0.717) is 5.75 Å². The van der Waals surface area contributed by atoms with Crippen molar-refractivity contribution < 1.29 is 19.4 Å². The standard InChI is InChI=1S/C17H18O4/c1-17(2,12-4-8-14(20-3)9-5-12)13-6-10-15(11-7-13)21-16(18)19/h4-11H,1-3H3,(H,18,19). The fraction of sp³-hybridized carbons (Fsp3) is 0.235. The molecule has 0 saturated heterocycles. The summed E-state index contributed by atoms with van der Waals surface area (Å²) in [6, 6.07) is 15.0. The van der Waals surface area contributed by atoms with Crippen LogP contribution in [0.15, 0.2) is 48.5 Å². The van der Waals surface area contributed by atoms with Crippen LogP contribution in [0.2, 0.25) is 0 Å². The number of carboxylic acid groups (broad SMARTS) is 1. The van der Waals surface area contributed by atoms with Crippen LogP contribution in [-0.2, 0) is 5.41 Å². The number of ether oxygens (including phenoxy) is 2. The Morgan fingerprint density at radius 3 is 1.71 bits per heavy atom. The van der Waals surface area contributed by atoms with Crippen molar-refractivity contribution in [3.05, 3.63) is 59.7 Å². The van der Waals surface area contributed by atoms with Gasteiger partial charge in [-0.25, -0.2) is 4.79 Å². The quantitative estimate of drug-likeness (QED) is 0.679. The maximum absolute atomic E-state index is 10.5. The van der Waals surface area contributed by atoms with Gasteiger partial charge in [0.15, 0.2) is 0 Å². The molecule has 0 aliphatic rings. The lowest BCUT2D eigenvalue weighted by Gasteiger charge is -2.26. The Morgan fingerprint density at radius 2 is 1.33 bits per heavy atom. The molecular formula is C17H18O4. The second-order valence-corrected chi connectivity index (χ2v) is 5.25. The summed E-state index contributed by atoms with van der Waals surface area (Å²) >= 11 is 0. The molecule has 4 nitrogen and oxygen atoms in total. The molecule has 2 aromatic carbocycles. The summed E-state index contributed by atoms with van der Waals surface area (Å²) in [7, 11) is 1.64. The highest BCUT2D eigenvalue weighted by atomic mass is 16.7. The molecule has 0 spiro atoms. The number of hydrogen-bond acceptors (Lipinski definition) is 3. The molecule has 0 fully saturated rings. The van der Waals surface area contributed by atoms with Crippen LogP contribution in [0, 0.1) is 0 Å². The van der Waals surface area contributed by atoms with Gasteiger partial charge < -0.3 is 14.6 Å². The lowest BCUT2D eigenvalue weighted by Crippen LogP contribution is -2.18. The van der Waals surface area contributed by atoms with Crippen LogP contribution in [0.1, 0.15) is 25.0 Å². The Kier molecular flexibility index (Phi) is 4.17. The molecule has 4 heteroatoms. The maximum atomic E-state index is 10.5. The van der Waals surface area contributed by atoms with Gasteiger partial charge in [0.2, 0.25) is 0 Å². The smallest absolute Gasteiger partial charge is 0.497 e. The second kappa shape index (κ2) is 5.87. The van der Waals surface area contributed by atoms with Gasteiger partial charge in [-0.2, -0.15) is 0 Å². The first-order valence-corrected chi connectivity index (χ1v) is 6.59. The highest BCUT2D eigenvalue weighted by molar-refractivity contribution is 5.61. The fourth-order valence-electron chi connectivity index (χ4n) is 2.21. The number of carbonyl (C=O) groups is 1. The number of methoxy groups -OCH3 is 1. The molecule has 2 rings (SSSR count). The second-order valence-electron chi connectivity index (χ2n) is 5.25. The minimum absolute atomic E-state index is 0.200. The molecule has 2 aromatic rings. The van der Waals surface area contributed by atoms with Crippen molar-refractivity contribution in [3.8, 4) is 11.5 Å². The van der Waals surface area contributed by atoms with Crippen molar-refractivity contribution >= 4 is 6.16 Å². The third-order valence-corrected chi connectivity index (χ3v) is 3.59. The molecule has 1 N–H and O–H groups in total. The van der Waals surface area contributed by atoms with Crippen molar-refractivity contribution in [2.45, 2.75) is 19.3 Å². The van der Waals surface area contributed by atoms with Crippen LogP contribution in [0.4, 0.5) is 4.79 Å². The average molecular weight is 286 g/mol. The summed E-state index contributed by atoms with van der Waals surface area (Å²) < 4.78 is 9.79. The molecule has 110 valence electrons. The van der Waals surface area contributed by atoms with Gasteiger partial charge in [-0.3, -0.25) is 0 Å². The van der Waals surface area contributed by atoms with Gasteiger partial charge in [-0.15, -0.1) is 0 Å². The fourth-order valence-corrected chi connectivity index (χ4v) is 2.21. The summed E-state index contributed by atoms with van der Waals surface area (Å²) in [6.45, 7) is 4.23. The summed E-state index contributed by atoms with van der Waals surface area (Å²) in [6.07, 6.45) is -1.31. The van der Waals surface area contributed by atoms with E-state index in [1.807, 2.05) is 36.4 Å². The first-order valence-electron chi connectivity index (χ1n) is 6.59. The topological polar surface area (TPSA) is 55.8 Å². The summed E-state index contributed by atoms with van der Waals surface area (Å²) in [5.41, 5.74) is 2.02. The van der Waals surface area contributed by atoms with E-state index < -0.39 is 6.16 Å². The van der Waals surface area contributed by atoms with E-state index >= 15 is 0 Å². The third-order valence-electron chi connectivity index (χ3n) is 3.59. The van der Waals surface area contributed by atoms with Crippen LogP contribution >= 0.6 is 0 Å². The first-order chi connectivity index (χ1) is 9.93. The van der Waals surface area contributed by atoms with E-state index in [4.69, 9.17) is 9.84 Å². The Hall–Kier alpha value is -2.49. The van der Waals surface area contributed by atoms with E-state index in [1.165, 1.54) is 0 Å². The van der Waals surface area contributed by atoms with Crippen molar-refractivity contribution in [2.24, 2.45) is 0 Å². The zero-order valence-electron chi connectivity index (χ0n) is 12.3. The molecule has 0 atom stereocenters. The Bertz CT molecular complexity index is 612. The van der Waals surface area contributed by atoms with Crippen molar-refractivity contribution in [3.63, 3.8) is 0 Å². The lowest BCUT2D eigenvalue weighted by atomic mass is 9.78. The number of rotatable bonds is 4. The van der Waals surface area contributed by atoms with E-state index in [0.717, 1.165) is 16.9 Å². The van der Waals surface area contributed by atoms with Gasteiger partial charge in [0.1, 0.15) is 11.5 Å². The zero-order valence-corrected chi connectivity index (χ0v) is 12.3. The van der Waals surface area contributed by atoms with Gasteiger partial charge in [0.25, 0.3) is 0 Å². The third kappa shape index (κ3) is 3.34. The maximum Gasteiger partial charge on any atom is 0.511 e. The van der Waals surface area contributed by atoms with Crippen molar-refractivity contribution in [1.29, 1.82) is 0 Å². The number of benzene rings is 2. The highest BCUT2D eigenvalue weighted by Gasteiger charge is 2.23. The summed E-state index contributed by atoms with van der Waals surface area (Å²) in [4.78, 5) is 10.5. The first kappa shape index (κ1) is 14.9. The minimum atomic E-state index is -1.31. The van der Waals surface area contributed by atoms with Crippen LogP contribution in [0.25, 0.3) is 0 Å². The SMILES string of the molecule is COc1ccc(C(C)(C)c2ccc(OC(=O)O)cc2)cc1. The Labute approximate surface area is 123 Å². The summed E-state index contributed by atoms with van der Waals surface area (Å²) in [5, 5.41) is 8.59. The summed E-state index contributed by atoms with van der Waals surface area (Å²) in [5.74, 6) is 1.14. The van der Waals surface area contributed by atoms with Gasteiger partial charge in [-0.1, -0.05) is 38.1 Å². The molecule has 0 aromatic heterocycles. The van der Waals surface area contributed by atoms with Crippen LogP contribution < -0.4 is 9.47 Å². The largest absolute Gasteiger partial charge is 0.511 e. The normalized spacial score (nSPS) is 11.0. The van der Waals surface area contributed by atoms with E-state index in [9.17, 15) is 4.79 Å². The predicted octanol–water partition coefficient (Wildman–Crippen LogP) is 4.08. The molecule has 0 aliphatic heterocycles. The predicted molar refractivity (Wildman–Crippen MR) is 80.2 cm³/mol. The van der Waals surface area contributed by atoms with Crippen LogP contribution in [0.3, 0.4) is 0 Å². The highest BCUT2D eigenvalue weighted by Crippen LogP contribution is 2.33. The van der Waals surface area contributed by atoms with Crippen molar-refractivity contribution in [1.82, 2.24) is 0 Å². The zero-order chi connectivity index (χ0) is 15.5. The van der Waals surface area contributed by atoms with E-state index in [2.05, 4.69) is 18.6 Å². The Balaban J connectivity index is 2.27. The van der Waals surface area contributed by atoms with E-state index in [1.54, 1.807) is 19.2 Å². The average Bonchev–Trinajstić information content (AvgIpc) is 2.47. The van der Waals surface area contributed by atoms with Crippen molar-refractivity contribution in [2.75, 3.05) is 7.11 Å². The molecule has 0 amide bonds. The molecule has 0 radical (unpaired) electrons. The minimum Gasteiger partial charge on any atom is -0.497 e. The van der Waals surface area contributed by atoms with Crippen LogP contribution in [-0.4, -0.2) is 18.4 Å². The number of hydrogen-bond donors (Lipinski definition) is 1. The molecule has 21 heavy (non-hydrogen) atoms. The molecule has 0 heterocycles. The molecular weight excluding hydrogens is 268 g/mol. The monoisotopic (exact) mass is 286 g/mol. The van der Waals surface area contributed by atoms with Crippen LogP contribution in [0.5, 0.6) is 11.5 Å². The van der Waals surface area contributed by atoms with Gasteiger partial charge in [-0.05, 0) is 35.4 Å². The molecule has 0 saturated carbocycles. The van der Waals surface area contributed by atoms with Gasteiger partial charge in [0, 0.05) is 5.41 Å². The molecule has 0 aliphatic carbocycles. The molecule has 0 unspecified atom stereocenters. The van der Waals surface area contributed by atoms with Gasteiger partial charge >= 0.3 is 6.16 Å². The lowest BCUT2D eigenvalue weighted by molar-refractivity contribution is 0.144. The molecule has 0 bridgehead atoms. The Morgan fingerprint density at radius 1 is 0.905 bits per heavy atom. The van der Waals surface area contributed by atoms with E-state index in [-0.39, 0.29) is 5.41 Å².